The van der Waals surface area contributed by atoms with Gasteiger partial charge < -0.3 is 10.6 Å². The van der Waals surface area contributed by atoms with E-state index in [1.165, 1.54) is 56.3 Å². The van der Waals surface area contributed by atoms with E-state index in [9.17, 15) is 14.4 Å². The molecular weight excluding hydrogens is 715 g/mol. The van der Waals surface area contributed by atoms with E-state index >= 15 is 0 Å². The molecule has 2 aliphatic carbocycles. The van der Waals surface area contributed by atoms with Crippen molar-refractivity contribution in [3.05, 3.63) is 111 Å². The molecule has 0 unspecified atom stereocenters. The smallest absolute Gasteiger partial charge is 0.267 e. The van der Waals surface area contributed by atoms with Crippen molar-refractivity contribution in [2.24, 2.45) is 0 Å². The van der Waals surface area contributed by atoms with Gasteiger partial charge in [0.25, 0.3) is 5.56 Å². The lowest BCUT2D eigenvalue weighted by Gasteiger charge is -2.13. The molecule has 8 nitrogen and oxygen atoms in total. The molecule has 0 atom stereocenters. The lowest BCUT2D eigenvalue weighted by atomic mass is 9.97. The number of aromatic nitrogens is 3. The first-order valence-electron chi connectivity index (χ1n) is 16.9. The number of hydrogen-bond acceptors (Lipinski definition) is 9. The van der Waals surface area contributed by atoms with E-state index in [1.54, 1.807) is 15.9 Å². The molecule has 51 heavy (non-hydrogen) atoms. The summed E-state index contributed by atoms with van der Waals surface area (Å²) in [6.07, 6.45) is 6.20. The molecule has 254 valence electrons. The van der Waals surface area contributed by atoms with Crippen LogP contribution < -0.4 is 16.2 Å². The van der Waals surface area contributed by atoms with Crippen molar-refractivity contribution < 1.29 is 9.59 Å². The summed E-state index contributed by atoms with van der Waals surface area (Å²) in [5.41, 5.74) is 6.81. The topological polar surface area (TPSA) is 106 Å². The third-order valence-corrected chi connectivity index (χ3v) is 13.7. The van der Waals surface area contributed by atoms with E-state index in [2.05, 4.69) is 34.9 Å². The summed E-state index contributed by atoms with van der Waals surface area (Å²) in [5, 5.41) is 9.71. The van der Waals surface area contributed by atoms with E-state index < -0.39 is 0 Å². The molecule has 4 aromatic carbocycles. The largest absolute Gasteiger partial charge is 0.325 e. The molecule has 7 aromatic rings. The van der Waals surface area contributed by atoms with E-state index in [0.717, 1.165) is 85.6 Å². The highest BCUT2D eigenvalue weighted by Crippen LogP contribution is 2.37. The summed E-state index contributed by atoms with van der Waals surface area (Å²) >= 11 is 5.77. The highest BCUT2D eigenvalue weighted by Gasteiger charge is 2.24. The zero-order valence-electron chi connectivity index (χ0n) is 27.4. The van der Waals surface area contributed by atoms with Crippen molar-refractivity contribution in [3.63, 3.8) is 0 Å². The van der Waals surface area contributed by atoms with Crippen LogP contribution >= 0.6 is 46.2 Å². The summed E-state index contributed by atoms with van der Waals surface area (Å²) in [6.45, 7) is 0. The van der Waals surface area contributed by atoms with Crippen molar-refractivity contribution >= 4 is 101 Å². The van der Waals surface area contributed by atoms with Crippen LogP contribution in [-0.2, 0) is 35.3 Å². The summed E-state index contributed by atoms with van der Waals surface area (Å²) < 4.78 is 3.36. The molecule has 0 fully saturated rings. The maximum atomic E-state index is 14.0. The Hall–Kier alpha value is -4.49. The van der Waals surface area contributed by atoms with Crippen LogP contribution in [0.25, 0.3) is 36.9 Å². The molecule has 3 aromatic heterocycles. The molecule has 9 rings (SSSR count). The average Bonchev–Trinajstić information content (AvgIpc) is 3.87. The van der Waals surface area contributed by atoms with Gasteiger partial charge in [0.2, 0.25) is 11.8 Å². The molecular formula is C39H31N5O3S4. The molecule has 0 spiro atoms. The Bertz CT molecular complexity index is 2570. The lowest BCUT2D eigenvalue weighted by Crippen LogP contribution is -2.23. The Morgan fingerprint density at radius 2 is 1.57 bits per heavy atom. The molecule has 0 radical (unpaired) electrons. The van der Waals surface area contributed by atoms with Crippen LogP contribution in [0.5, 0.6) is 0 Å². The lowest BCUT2D eigenvalue weighted by molar-refractivity contribution is -0.114. The third-order valence-electron chi connectivity index (χ3n) is 9.44. The zero-order valence-corrected chi connectivity index (χ0v) is 30.6. The molecule has 12 heteroatoms. The van der Waals surface area contributed by atoms with Crippen LogP contribution in [0.15, 0.2) is 93.2 Å². The minimum Gasteiger partial charge on any atom is -0.325 e. The van der Waals surface area contributed by atoms with E-state index in [-0.39, 0.29) is 28.9 Å². The molecule has 2 N–H and O–H groups in total. The fourth-order valence-electron chi connectivity index (χ4n) is 7.13. The average molecular weight is 746 g/mol. The minimum absolute atomic E-state index is 0.0727. The molecule has 2 amide bonds. The predicted octanol–water partition coefficient (Wildman–Crippen LogP) is 8.65. The Balaban J connectivity index is 0.871. The molecule has 0 aliphatic heterocycles. The standard InChI is InChI=1S/C39H31N5O3S4/c45-32(20-48-38-43-36-35(27-10-4-5-12-30(27)50-36)37(47)44(38)25-8-2-1-3-9-25)40-24-16-18-29-31(19-24)51-39(42-29)49-21-33(46)41-28-17-15-23-14-13-22-7-6-11-26(28)34(22)23/h1-3,6-9,11,15-19H,4-5,10,12-14,20-21H2,(H,40,45)(H,41,46). The number of thiazole rings is 1. The van der Waals surface area contributed by atoms with E-state index in [0.29, 0.717) is 10.8 Å². The van der Waals surface area contributed by atoms with Gasteiger partial charge in [0.15, 0.2) is 9.50 Å². The first kappa shape index (κ1) is 32.4. The van der Waals surface area contributed by atoms with Crippen molar-refractivity contribution in [2.45, 2.75) is 48.0 Å². The van der Waals surface area contributed by atoms with Gasteiger partial charge in [-0.05, 0) is 97.0 Å². The highest BCUT2D eigenvalue weighted by molar-refractivity contribution is 8.01. The molecule has 3 heterocycles. The number of amides is 2. The second-order valence-corrected chi connectivity index (χ2v) is 17.0. The number of rotatable bonds is 9. The van der Waals surface area contributed by atoms with Gasteiger partial charge in [-0.1, -0.05) is 66.0 Å². The SMILES string of the molecule is O=C(CSc1nc2sc3c(c2c(=O)n1-c1ccccc1)CCCC3)Nc1ccc2nc(SCC(=O)Nc3ccc4c5c(cccc35)CC4)sc2c1. The number of nitrogens with one attached hydrogen (secondary N) is 2. The Kier molecular flexibility index (Phi) is 8.63. The highest BCUT2D eigenvalue weighted by atomic mass is 32.2. The summed E-state index contributed by atoms with van der Waals surface area (Å²) in [6, 6.07) is 25.6. The van der Waals surface area contributed by atoms with E-state index in [1.807, 2.05) is 54.6 Å². The summed E-state index contributed by atoms with van der Waals surface area (Å²) in [7, 11) is 0. The normalized spacial score (nSPS) is 13.6. The number of thiophene rings is 1. The number of carbonyl (C=O) groups is 2. The second kappa shape index (κ2) is 13.6. The zero-order chi connectivity index (χ0) is 34.5. The van der Waals surface area contributed by atoms with Crippen LogP contribution in [0.4, 0.5) is 11.4 Å². The van der Waals surface area contributed by atoms with Crippen molar-refractivity contribution in [3.8, 4) is 5.69 Å². The second-order valence-electron chi connectivity index (χ2n) is 12.7. The number of hydrogen-bond donors (Lipinski definition) is 2. The monoisotopic (exact) mass is 745 g/mol. The van der Waals surface area contributed by atoms with Gasteiger partial charge >= 0.3 is 0 Å². The number of nitrogens with zero attached hydrogens (tertiary/aromatic N) is 3. The minimum atomic E-state index is -0.197. The summed E-state index contributed by atoms with van der Waals surface area (Å²) in [4.78, 5) is 51.8. The number of aryl methyl sites for hydroxylation is 4. The van der Waals surface area contributed by atoms with Crippen LogP contribution in [0, 0.1) is 0 Å². The maximum absolute atomic E-state index is 14.0. The first-order valence-corrected chi connectivity index (χ1v) is 20.5. The Labute approximate surface area is 309 Å². The first-order chi connectivity index (χ1) is 25.0. The third kappa shape index (κ3) is 6.24. The Morgan fingerprint density at radius 3 is 2.45 bits per heavy atom. The fourth-order valence-corrected chi connectivity index (χ4v) is 11.2. The molecule has 0 saturated heterocycles. The number of anilines is 2. The number of benzene rings is 4. The van der Waals surface area contributed by atoms with Crippen molar-refractivity contribution in [2.75, 3.05) is 22.1 Å². The number of thioether (sulfide) groups is 2. The van der Waals surface area contributed by atoms with Crippen LogP contribution in [0.3, 0.4) is 0 Å². The van der Waals surface area contributed by atoms with Crippen molar-refractivity contribution in [1.82, 2.24) is 14.5 Å². The Morgan fingerprint density at radius 1 is 0.765 bits per heavy atom. The van der Waals surface area contributed by atoms with Gasteiger partial charge in [-0.3, -0.25) is 19.0 Å². The molecule has 0 bridgehead atoms. The van der Waals surface area contributed by atoms with Gasteiger partial charge in [0.05, 0.1) is 32.8 Å². The number of carbonyl (C=O) groups excluding carboxylic acids is 2. The van der Waals surface area contributed by atoms with Gasteiger partial charge in [-0.25, -0.2) is 9.97 Å². The van der Waals surface area contributed by atoms with Gasteiger partial charge in [-0.2, -0.15) is 0 Å². The molecule has 0 saturated carbocycles. The predicted molar refractivity (Wildman–Crippen MR) is 212 cm³/mol. The van der Waals surface area contributed by atoms with Gasteiger partial charge in [0.1, 0.15) is 4.83 Å². The van der Waals surface area contributed by atoms with Crippen LogP contribution in [-0.4, -0.2) is 37.9 Å². The fraction of sp³-hybridized carbons (Fsp3) is 0.205. The molecule has 2 aliphatic rings. The van der Waals surface area contributed by atoms with E-state index in [4.69, 9.17) is 9.97 Å². The van der Waals surface area contributed by atoms with Gasteiger partial charge in [-0.15, -0.1) is 22.7 Å². The van der Waals surface area contributed by atoms with Gasteiger partial charge in [0, 0.05) is 21.6 Å². The number of fused-ring (bicyclic) bond motifs is 4. The van der Waals surface area contributed by atoms with Crippen molar-refractivity contribution in [1.29, 1.82) is 0 Å². The van der Waals surface area contributed by atoms with Crippen LogP contribution in [0.1, 0.15) is 34.4 Å². The van der Waals surface area contributed by atoms with Crippen LogP contribution in [0.2, 0.25) is 0 Å². The summed E-state index contributed by atoms with van der Waals surface area (Å²) in [5.74, 6) is 0.0588. The number of para-hydroxylation sites is 1. The quantitative estimate of drug-likeness (QED) is 0.113. The maximum Gasteiger partial charge on any atom is 0.267 e.